The van der Waals surface area contributed by atoms with E-state index in [0.29, 0.717) is 0 Å². The van der Waals surface area contributed by atoms with E-state index in [1.165, 1.54) is 50.6 Å². The Morgan fingerprint density at radius 2 is 1.44 bits per heavy atom. The normalized spacial score (nSPS) is 11.7. The molecule has 0 spiro atoms. The van der Waals surface area contributed by atoms with E-state index in [2.05, 4.69) is 33.0 Å². The lowest BCUT2D eigenvalue weighted by molar-refractivity contribution is 0.296. The van der Waals surface area contributed by atoms with Crippen LogP contribution in [0.2, 0.25) is 12.1 Å². The Morgan fingerprint density at radius 1 is 0.938 bits per heavy atom. The van der Waals surface area contributed by atoms with Gasteiger partial charge >= 0.3 is 0 Å². The molecule has 0 bridgehead atoms. The Hall–Kier alpha value is -0.0831. The lowest BCUT2D eigenvalue weighted by Gasteiger charge is -2.28. The molecule has 0 fully saturated rings. The van der Waals surface area contributed by atoms with Crippen molar-refractivity contribution in [2.45, 2.75) is 71.4 Å². The second-order valence-corrected chi connectivity index (χ2v) is 8.50. The molecular weight excluding hydrogens is 212 g/mol. The van der Waals surface area contributed by atoms with Gasteiger partial charge in [-0.2, -0.15) is 0 Å². The Balaban J connectivity index is 4.21. The average molecular weight is 242 g/mol. The predicted octanol–water partition coefficient (Wildman–Crippen LogP) is 5.07. The minimum Gasteiger partial charge on any atom is -0.413 e. The summed E-state index contributed by atoms with van der Waals surface area (Å²) in [5, 5.41) is 0. The molecule has 0 amide bonds. The van der Waals surface area contributed by atoms with Gasteiger partial charge in [-0.05, 0) is 18.5 Å². The fourth-order valence-corrected chi connectivity index (χ4v) is 5.42. The van der Waals surface area contributed by atoms with Crippen molar-refractivity contribution in [1.82, 2.24) is 0 Å². The molecule has 0 atom stereocenters. The lowest BCUT2D eigenvalue weighted by atomic mass is 10.4. The molecule has 0 N–H and O–H groups in total. The number of rotatable bonds is 11. The quantitative estimate of drug-likeness (QED) is 0.363. The van der Waals surface area contributed by atoms with Crippen molar-refractivity contribution < 1.29 is 4.43 Å². The largest absolute Gasteiger partial charge is 0.413 e. The fourth-order valence-electron chi connectivity index (χ4n) is 1.90. The molecule has 16 heavy (non-hydrogen) atoms. The summed E-state index contributed by atoms with van der Waals surface area (Å²) in [7, 11) is -1.58. The van der Waals surface area contributed by atoms with E-state index in [9.17, 15) is 0 Å². The summed E-state index contributed by atoms with van der Waals surface area (Å²) < 4.78 is 6.24. The maximum atomic E-state index is 6.24. The molecule has 0 aromatic carbocycles. The van der Waals surface area contributed by atoms with Crippen LogP contribution in [0.4, 0.5) is 0 Å². The highest BCUT2D eigenvalue weighted by molar-refractivity contribution is 6.78. The van der Waals surface area contributed by atoms with Gasteiger partial charge in [-0.15, -0.1) is 6.58 Å². The van der Waals surface area contributed by atoms with Gasteiger partial charge in [0.2, 0.25) is 8.32 Å². The smallest absolute Gasteiger partial charge is 0.216 e. The molecule has 1 nitrogen and oxygen atoms in total. The molecule has 0 aromatic rings. The summed E-state index contributed by atoms with van der Waals surface area (Å²) in [6.07, 6.45) is 7.56. The molecule has 0 rings (SSSR count). The zero-order valence-corrected chi connectivity index (χ0v) is 12.6. The Morgan fingerprint density at radius 3 is 1.81 bits per heavy atom. The highest BCUT2D eigenvalue weighted by atomic mass is 28.4. The van der Waals surface area contributed by atoms with Crippen LogP contribution in [0.1, 0.15) is 59.3 Å². The van der Waals surface area contributed by atoms with Crippen LogP contribution in [0.3, 0.4) is 0 Å². The maximum absolute atomic E-state index is 6.24. The molecule has 0 aliphatic carbocycles. The molecular formula is C14H30OSi. The SMILES string of the molecule is C=C[Si](CCCC)(CCCC)OCCCC. The predicted molar refractivity (Wildman–Crippen MR) is 76.2 cm³/mol. The van der Waals surface area contributed by atoms with E-state index >= 15 is 0 Å². The summed E-state index contributed by atoms with van der Waals surface area (Å²) in [6, 6.07) is 2.55. The number of hydrogen-bond acceptors (Lipinski definition) is 1. The van der Waals surface area contributed by atoms with Gasteiger partial charge in [0.15, 0.2) is 0 Å². The Kier molecular flexibility index (Phi) is 10.0. The average Bonchev–Trinajstić information content (AvgIpc) is 2.32. The standard InChI is InChI=1S/C14H30OSi/c1-5-9-12-15-16(8-4,13-10-6-2)14-11-7-3/h8H,4-7,9-14H2,1-3H3. The van der Waals surface area contributed by atoms with Crippen molar-refractivity contribution >= 4 is 8.32 Å². The first-order valence-corrected chi connectivity index (χ1v) is 9.42. The number of unbranched alkanes of at least 4 members (excludes halogenated alkanes) is 3. The zero-order valence-electron chi connectivity index (χ0n) is 11.6. The molecule has 0 unspecified atom stereocenters. The van der Waals surface area contributed by atoms with Gasteiger partial charge < -0.3 is 4.43 Å². The highest BCUT2D eigenvalue weighted by Gasteiger charge is 2.29. The molecule has 0 aliphatic heterocycles. The minimum absolute atomic E-state index is 0.947. The third-order valence-electron chi connectivity index (χ3n) is 3.17. The molecule has 0 radical (unpaired) electrons. The van der Waals surface area contributed by atoms with E-state index in [0.717, 1.165) is 6.61 Å². The lowest BCUT2D eigenvalue weighted by Crippen LogP contribution is -2.36. The third-order valence-corrected chi connectivity index (χ3v) is 7.09. The van der Waals surface area contributed by atoms with Crippen LogP contribution in [0, 0.1) is 0 Å². The van der Waals surface area contributed by atoms with Gasteiger partial charge in [-0.1, -0.05) is 58.6 Å². The van der Waals surface area contributed by atoms with Crippen molar-refractivity contribution in [1.29, 1.82) is 0 Å². The van der Waals surface area contributed by atoms with Crippen LogP contribution in [0.25, 0.3) is 0 Å². The van der Waals surface area contributed by atoms with E-state index in [1.54, 1.807) is 0 Å². The second kappa shape index (κ2) is 10.1. The van der Waals surface area contributed by atoms with Gasteiger partial charge in [0.25, 0.3) is 0 Å². The molecule has 0 saturated heterocycles. The molecule has 2 heteroatoms. The first-order chi connectivity index (χ1) is 7.74. The first-order valence-electron chi connectivity index (χ1n) is 7.02. The maximum Gasteiger partial charge on any atom is 0.216 e. The van der Waals surface area contributed by atoms with Crippen molar-refractivity contribution in [3.05, 3.63) is 12.3 Å². The topological polar surface area (TPSA) is 9.23 Å². The van der Waals surface area contributed by atoms with Crippen molar-refractivity contribution in [2.75, 3.05) is 6.61 Å². The van der Waals surface area contributed by atoms with E-state index < -0.39 is 8.32 Å². The molecule has 0 saturated carbocycles. The Labute approximate surface area is 103 Å². The van der Waals surface area contributed by atoms with E-state index in [4.69, 9.17) is 4.43 Å². The summed E-state index contributed by atoms with van der Waals surface area (Å²) in [5.41, 5.74) is 2.19. The van der Waals surface area contributed by atoms with Gasteiger partial charge in [-0.25, -0.2) is 0 Å². The van der Waals surface area contributed by atoms with Crippen LogP contribution >= 0.6 is 0 Å². The van der Waals surface area contributed by atoms with Crippen molar-refractivity contribution in [2.24, 2.45) is 0 Å². The minimum atomic E-state index is -1.58. The fraction of sp³-hybridized carbons (Fsp3) is 0.857. The van der Waals surface area contributed by atoms with Crippen LogP contribution in [0.15, 0.2) is 12.3 Å². The van der Waals surface area contributed by atoms with Crippen LogP contribution in [-0.4, -0.2) is 14.9 Å². The second-order valence-electron chi connectivity index (χ2n) is 4.68. The van der Waals surface area contributed by atoms with Crippen molar-refractivity contribution in [3.63, 3.8) is 0 Å². The van der Waals surface area contributed by atoms with Crippen LogP contribution in [-0.2, 0) is 4.43 Å². The molecule has 0 heterocycles. The van der Waals surface area contributed by atoms with Gasteiger partial charge in [0.05, 0.1) is 0 Å². The van der Waals surface area contributed by atoms with Gasteiger partial charge in [-0.3, -0.25) is 0 Å². The summed E-state index contributed by atoms with van der Waals surface area (Å²) in [6.45, 7) is 11.7. The monoisotopic (exact) mass is 242 g/mol. The molecule has 0 aromatic heterocycles. The highest BCUT2D eigenvalue weighted by Crippen LogP contribution is 2.24. The first kappa shape index (κ1) is 15.9. The zero-order chi connectivity index (χ0) is 12.3. The van der Waals surface area contributed by atoms with E-state index in [-0.39, 0.29) is 0 Å². The molecule has 0 aliphatic rings. The van der Waals surface area contributed by atoms with E-state index in [1.807, 2.05) is 0 Å². The van der Waals surface area contributed by atoms with Crippen LogP contribution < -0.4 is 0 Å². The summed E-state index contributed by atoms with van der Waals surface area (Å²) in [5.74, 6) is 0. The van der Waals surface area contributed by atoms with Gasteiger partial charge in [0, 0.05) is 6.61 Å². The third kappa shape index (κ3) is 6.49. The number of hydrogen-bond donors (Lipinski definition) is 0. The van der Waals surface area contributed by atoms with Crippen molar-refractivity contribution in [3.8, 4) is 0 Å². The Bertz CT molecular complexity index is 160. The summed E-state index contributed by atoms with van der Waals surface area (Å²) >= 11 is 0. The van der Waals surface area contributed by atoms with Crippen LogP contribution in [0.5, 0.6) is 0 Å². The summed E-state index contributed by atoms with van der Waals surface area (Å²) in [4.78, 5) is 0. The van der Waals surface area contributed by atoms with Gasteiger partial charge in [0.1, 0.15) is 0 Å². The molecule has 96 valence electrons.